The summed E-state index contributed by atoms with van der Waals surface area (Å²) < 4.78 is 4.85. The van der Waals surface area contributed by atoms with Crippen LogP contribution in [0.2, 0.25) is 0 Å². The van der Waals surface area contributed by atoms with Crippen LogP contribution in [0.3, 0.4) is 0 Å². The lowest BCUT2D eigenvalue weighted by Gasteiger charge is -2.16. The molecule has 4 nitrogen and oxygen atoms in total. The van der Waals surface area contributed by atoms with Gasteiger partial charge in [0.25, 0.3) is 0 Å². The Balaban J connectivity index is 2.46. The van der Waals surface area contributed by atoms with Crippen molar-refractivity contribution in [2.75, 3.05) is 20.2 Å². The average Bonchev–Trinajstić information content (AvgIpc) is 2.30. The van der Waals surface area contributed by atoms with Crippen LogP contribution in [0.5, 0.6) is 0 Å². The van der Waals surface area contributed by atoms with Crippen LogP contribution in [0.15, 0.2) is 0 Å². The highest BCUT2D eigenvalue weighted by atomic mass is 16.5. The zero-order chi connectivity index (χ0) is 9.14. The van der Waals surface area contributed by atoms with Crippen LogP contribution in [-0.4, -0.2) is 48.3 Å². The number of nitrogens with zero attached hydrogens (tertiary/aromatic N) is 1. The third-order valence-electron chi connectivity index (χ3n) is 2.08. The van der Waals surface area contributed by atoms with Gasteiger partial charge in [-0.25, -0.2) is 0 Å². The largest absolute Gasteiger partial charge is 0.465 e. The quantitative estimate of drug-likeness (QED) is 0.578. The molecule has 1 aliphatic rings. The lowest BCUT2D eigenvalue weighted by molar-refractivity contribution is -0.148. The summed E-state index contributed by atoms with van der Waals surface area (Å²) in [5.41, 5.74) is 0. The monoisotopic (exact) mass is 173 g/mol. The summed E-state index contributed by atoms with van der Waals surface area (Å²) in [6.07, 6.45) is 0.111. The number of likely N-dealkylation sites (tertiary alicyclic amines) is 1. The Bertz CT molecular complexity index is 172. The Labute approximate surface area is 72.1 Å². The van der Waals surface area contributed by atoms with Crippen LogP contribution >= 0.6 is 0 Å². The van der Waals surface area contributed by atoms with Crippen molar-refractivity contribution >= 4 is 5.97 Å². The predicted octanol–water partition coefficient (Wildman–Crippen LogP) is -0.386. The molecule has 1 rings (SSSR count). The van der Waals surface area contributed by atoms with E-state index in [1.807, 2.05) is 11.9 Å². The molecular weight excluding hydrogens is 158 g/mol. The van der Waals surface area contributed by atoms with Gasteiger partial charge in [-0.3, -0.25) is 9.69 Å². The number of rotatable bonds is 2. The van der Waals surface area contributed by atoms with Crippen LogP contribution in [0.1, 0.15) is 13.3 Å². The Morgan fingerprint density at radius 1 is 1.75 bits per heavy atom. The topological polar surface area (TPSA) is 49.8 Å². The lowest BCUT2D eigenvalue weighted by Crippen LogP contribution is -2.34. The molecule has 2 atom stereocenters. The molecule has 1 aliphatic heterocycles. The number of carbonyl (C=O) groups is 1. The molecule has 0 spiro atoms. The normalized spacial score (nSPS) is 30.6. The van der Waals surface area contributed by atoms with E-state index >= 15 is 0 Å². The first-order valence-electron chi connectivity index (χ1n) is 4.20. The summed E-state index contributed by atoms with van der Waals surface area (Å²) in [7, 11) is 1.82. The van der Waals surface area contributed by atoms with Gasteiger partial charge in [0.1, 0.15) is 6.04 Å². The van der Waals surface area contributed by atoms with E-state index in [1.54, 1.807) is 6.92 Å². The van der Waals surface area contributed by atoms with E-state index in [0.29, 0.717) is 19.6 Å². The molecule has 0 bridgehead atoms. The van der Waals surface area contributed by atoms with E-state index < -0.39 is 0 Å². The van der Waals surface area contributed by atoms with Crippen molar-refractivity contribution in [1.82, 2.24) is 4.90 Å². The fourth-order valence-electron chi connectivity index (χ4n) is 1.49. The number of aliphatic hydroxyl groups excluding tert-OH is 1. The maximum atomic E-state index is 11.2. The molecule has 0 amide bonds. The minimum Gasteiger partial charge on any atom is -0.465 e. The third-order valence-corrected chi connectivity index (χ3v) is 2.08. The maximum absolute atomic E-state index is 11.2. The van der Waals surface area contributed by atoms with Crippen molar-refractivity contribution in [3.05, 3.63) is 0 Å². The van der Waals surface area contributed by atoms with Crippen LogP contribution in [0.25, 0.3) is 0 Å². The van der Waals surface area contributed by atoms with Gasteiger partial charge < -0.3 is 9.84 Å². The van der Waals surface area contributed by atoms with Crippen LogP contribution in [0.4, 0.5) is 0 Å². The standard InChI is InChI=1S/C8H15NO3/c1-3-12-8(11)7-4-6(10)5-9(7)2/h6-7,10H,3-5H2,1-2H3/t6-,7+/m0/s1. The second kappa shape index (κ2) is 3.87. The summed E-state index contributed by atoms with van der Waals surface area (Å²) in [6, 6.07) is -0.250. The summed E-state index contributed by atoms with van der Waals surface area (Å²) in [4.78, 5) is 13.0. The molecule has 0 radical (unpaired) electrons. The van der Waals surface area contributed by atoms with Gasteiger partial charge in [0, 0.05) is 13.0 Å². The molecule has 0 aromatic carbocycles. The number of carbonyl (C=O) groups excluding carboxylic acids is 1. The number of β-amino-alcohol motifs (C(OH)–C–C–N with tert-alkyl or cyclic N) is 1. The fourth-order valence-corrected chi connectivity index (χ4v) is 1.49. The van der Waals surface area contributed by atoms with Crippen LogP contribution < -0.4 is 0 Å². The van der Waals surface area contributed by atoms with E-state index in [0.717, 1.165) is 0 Å². The number of esters is 1. The van der Waals surface area contributed by atoms with Crippen molar-refractivity contribution in [2.24, 2.45) is 0 Å². The SMILES string of the molecule is CCOC(=O)[C@H]1C[C@H](O)CN1C. The summed E-state index contributed by atoms with van der Waals surface area (Å²) in [5.74, 6) is -0.225. The summed E-state index contributed by atoms with van der Waals surface area (Å²) >= 11 is 0. The molecule has 0 aliphatic carbocycles. The maximum Gasteiger partial charge on any atom is 0.323 e. The van der Waals surface area contributed by atoms with Gasteiger partial charge >= 0.3 is 5.97 Å². The minimum atomic E-state index is -0.385. The van der Waals surface area contributed by atoms with Gasteiger partial charge in [-0.1, -0.05) is 0 Å². The molecule has 1 N–H and O–H groups in total. The molecule has 1 saturated heterocycles. The van der Waals surface area contributed by atoms with Gasteiger partial charge in [0.15, 0.2) is 0 Å². The van der Waals surface area contributed by atoms with Gasteiger partial charge in [-0.15, -0.1) is 0 Å². The van der Waals surface area contributed by atoms with Crippen molar-refractivity contribution in [1.29, 1.82) is 0 Å². The molecular formula is C8H15NO3. The molecule has 70 valence electrons. The molecule has 0 aromatic rings. The molecule has 0 saturated carbocycles. The number of aliphatic hydroxyl groups is 1. The first-order chi connectivity index (χ1) is 5.65. The van der Waals surface area contributed by atoms with E-state index in [1.165, 1.54) is 0 Å². The van der Waals surface area contributed by atoms with Gasteiger partial charge in [-0.2, -0.15) is 0 Å². The van der Waals surface area contributed by atoms with E-state index in [2.05, 4.69) is 0 Å². The van der Waals surface area contributed by atoms with Crippen molar-refractivity contribution < 1.29 is 14.6 Å². The van der Waals surface area contributed by atoms with E-state index in [9.17, 15) is 9.90 Å². The highest BCUT2D eigenvalue weighted by Crippen LogP contribution is 2.16. The smallest absolute Gasteiger partial charge is 0.323 e. The molecule has 0 aromatic heterocycles. The lowest BCUT2D eigenvalue weighted by atomic mass is 10.2. The van der Waals surface area contributed by atoms with Crippen molar-refractivity contribution in [3.8, 4) is 0 Å². The first-order valence-corrected chi connectivity index (χ1v) is 4.20. The fraction of sp³-hybridized carbons (Fsp3) is 0.875. The number of hydrogen-bond donors (Lipinski definition) is 1. The van der Waals surface area contributed by atoms with Gasteiger partial charge in [-0.05, 0) is 14.0 Å². The van der Waals surface area contributed by atoms with Crippen molar-refractivity contribution in [3.63, 3.8) is 0 Å². The molecule has 12 heavy (non-hydrogen) atoms. The zero-order valence-electron chi connectivity index (χ0n) is 7.49. The van der Waals surface area contributed by atoms with Crippen LogP contribution in [-0.2, 0) is 9.53 Å². The van der Waals surface area contributed by atoms with Crippen LogP contribution in [0, 0.1) is 0 Å². The van der Waals surface area contributed by atoms with E-state index in [4.69, 9.17) is 4.74 Å². The Kier molecular flexibility index (Phi) is 3.05. The molecule has 1 heterocycles. The second-order valence-corrected chi connectivity index (χ2v) is 3.10. The summed E-state index contributed by atoms with van der Waals surface area (Å²) in [6.45, 7) is 2.74. The Morgan fingerprint density at radius 3 is 2.83 bits per heavy atom. The number of likely N-dealkylation sites (N-methyl/N-ethyl adjacent to an activating group) is 1. The first kappa shape index (κ1) is 9.48. The second-order valence-electron chi connectivity index (χ2n) is 3.10. The Morgan fingerprint density at radius 2 is 2.42 bits per heavy atom. The summed E-state index contributed by atoms with van der Waals surface area (Å²) in [5, 5.41) is 9.24. The third kappa shape index (κ3) is 1.95. The van der Waals surface area contributed by atoms with Crippen molar-refractivity contribution in [2.45, 2.75) is 25.5 Å². The predicted molar refractivity (Wildman–Crippen MR) is 43.7 cm³/mol. The Hall–Kier alpha value is -0.610. The average molecular weight is 173 g/mol. The molecule has 4 heteroatoms. The van der Waals surface area contributed by atoms with Gasteiger partial charge in [0.2, 0.25) is 0 Å². The molecule has 0 unspecified atom stereocenters. The number of ether oxygens (including phenoxy) is 1. The molecule has 1 fully saturated rings. The highest BCUT2D eigenvalue weighted by Gasteiger charge is 2.34. The zero-order valence-corrected chi connectivity index (χ0v) is 7.49. The van der Waals surface area contributed by atoms with E-state index in [-0.39, 0.29) is 18.1 Å². The number of hydrogen-bond acceptors (Lipinski definition) is 4. The van der Waals surface area contributed by atoms with Gasteiger partial charge in [0.05, 0.1) is 12.7 Å². The minimum absolute atomic E-state index is 0.225. The highest BCUT2D eigenvalue weighted by molar-refractivity contribution is 5.76.